The summed E-state index contributed by atoms with van der Waals surface area (Å²) >= 11 is 6.58. The van der Waals surface area contributed by atoms with E-state index in [0.717, 1.165) is 11.3 Å². The van der Waals surface area contributed by atoms with Gasteiger partial charge in [-0.25, -0.2) is 4.98 Å². The van der Waals surface area contributed by atoms with Gasteiger partial charge in [-0.05, 0) is 36.5 Å². The van der Waals surface area contributed by atoms with E-state index in [2.05, 4.69) is 15.6 Å². The minimum atomic E-state index is -0.276. The second-order valence-electron chi connectivity index (χ2n) is 5.38. The lowest BCUT2D eigenvalue weighted by molar-refractivity contribution is 0.0977. The molecule has 0 aliphatic heterocycles. The Labute approximate surface area is 166 Å². The molecule has 2 aromatic carbocycles. The summed E-state index contributed by atoms with van der Waals surface area (Å²) in [5.74, 6) is 1.09. The molecule has 0 bridgehead atoms. The zero-order valence-electron chi connectivity index (χ0n) is 14.7. The third kappa shape index (κ3) is 4.60. The van der Waals surface area contributed by atoms with Crippen molar-refractivity contribution in [3.63, 3.8) is 0 Å². The molecule has 27 heavy (non-hydrogen) atoms. The van der Waals surface area contributed by atoms with Crippen LogP contribution in [0.3, 0.4) is 0 Å². The largest absolute Gasteiger partial charge is 0.497 e. The first-order chi connectivity index (χ1) is 13.1. The minimum Gasteiger partial charge on any atom is -0.497 e. The molecular formula is C19H17N3O3S2. The van der Waals surface area contributed by atoms with Crippen molar-refractivity contribution in [3.8, 4) is 22.8 Å². The van der Waals surface area contributed by atoms with Gasteiger partial charge in [-0.1, -0.05) is 18.2 Å². The smallest absolute Gasteiger partial charge is 0.257 e. The SMILES string of the molecule is COc1ccc(-c2csc(NC(=S)NC(=O)c3ccccc3)n2)c(OC)c1. The minimum absolute atomic E-state index is 0.187. The first-order valence-electron chi connectivity index (χ1n) is 7.96. The lowest BCUT2D eigenvalue weighted by Gasteiger charge is -2.09. The second-order valence-corrected chi connectivity index (χ2v) is 6.64. The maximum atomic E-state index is 12.1. The van der Waals surface area contributed by atoms with Crippen LogP contribution in [0.25, 0.3) is 11.3 Å². The van der Waals surface area contributed by atoms with E-state index >= 15 is 0 Å². The molecule has 3 aromatic rings. The number of carbonyl (C=O) groups is 1. The predicted octanol–water partition coefficient (Wildman–Crippen LogP) is 3.95. The summed E-state index contributed by atoms with van der Waals surface area (Å²) in [6, 6.07) is 14.4. The predicted molar refractivity (Wildman–Crippen MR) is 111 cm³/mol. The Morgan fingerprint density at radius 3 is 2.59 bits per heavy atom. The molecule has 6 nitrogen and oxygen atoms in total. The fourth-order valence-corrected chi connectivity index (χ4v) is 3.33. The number of anilines is 1. The molecule has 1 aromatic heterocycles. The highest BCUT2D eigenvalue weighted by Crippen LogP contribution is 2.34. The van der Waals surface area contributed by atoms with Crippen molar-refractivity contribution < 1.29 is 14.3 Å². The number of methoxy groups -OCH3 is 2. The van der Waals surface area contributed by atoms with Gasteiger partial charge in [0.05, 0.1) is 19.9 Å². The zero-order valence-corrected chi connectivity index (χ0v) is 16.3. The summed E-state index contributed by atoms with van der Waals surface area (Å²) in [5, 5.41) is 8.21. The highest BCUT2D eigenvalue weighted by atomic mass is 32.1. The van der Waals surface area contributed by atoms with Gasteiger partial charge in [-0.3, -0.25) is 10.1 Å². The van der Waals surface area contributed by atoms with Crippen molar-refractivity contribution in [2.75, 3.05) is 19.5 Å². The van der Waals surface area contributed by atoms with E-state index < -0.39 is 0 Å². The van der Waals surface area contributed by atoms with Crippen molar-refractivity contribution in [3.05, 3.63) is 59.5 Å². The highest BCUT2D eigenvalue weighted by molar-refractivity contribution is 7.80. The third-order valence-electron chi connectivity index (χ3n) is 3.67. The van der Waals surface area contributed by atoms with Gasteiger partial charge in [0.1, 0.15) is 11.5 Å². The lowest BCUT2D eigenvalue weighted by atomic mass is 10.1. The van der Waals surface area contributed by atoms with Crippen LogP contribution in [-0.2, 0) is 0 Å². The van der Waals surface area contributed by atoms with E-state index in [0.29, 0.717) is 22.2 Å². The molecular weight excluding hydrogens is 382 g/mol. The van der Waals surface area contributed by atoms with Crippen LogP contribution in [0, 0.1) is 0 Å². The van der Waals surface area contributed by atoms with E-state index in [1.807, 2.05) is 23.6 Å². The van der Waals surface area contributed by atoms with E-state index in [1.54, 1.807) is 44.6 Å². The topological polar surface area (TPSA) is 72.5 Å². The first-order valence-corrected chi connectivity index (χ1v) is 9.25. The standard InChI is InChI=1S/C19H17N3O3S2/c1-24-13-8-9-14(16(10-13)25-2)15-11-27-19(20-15)22-18(26)21-17(23)12-6-4-3-5-7-12/h3-11H,1-2H3,(H2,20,21,22,23,26). The number of nitrogens with zero attached hydrogens (tertiary/aromatic N) is 1. The summed E-state index contributed by atoms with van der Waals surface area (Å²) in [6.45, 7) is 0. The normalized spacial score (nSPS) is 10.1. The molecule has 0 unspecified atom stereocenters. The lowest BCUT2D eigenvalue weighted by Crippen LogP contribution is -2.34. The van der Waals surface area contributed by atoms with Crippen molar-refractivity contribution >= 4 is 39.7 Å². The van der Waals surface area contributed by atoms with Gasteiger partial charge in [0.2, 0.25) is 0 Å². The van der Waals surface area contributed by atoms with E-state index in [9.17, 15) is 4.79 Å². The molecule has 8 heteroatoms. The van der Waals surface area contributed by atoms with Gasteiger partial charge in [-0.15, -0.1) is 11.3 Å². The average molecular weight is 399 g/mol. The van der Waals surface area contributed by atoms with Crippen LogP contribution in [0.15, 0.2) is 53.9 Å². The summed E-state index contributed by atoms with van der Waals surface area (Å²) in [6.07, 6.45) is 0. The van der Waals surface area contributed by atoms with Crippen LogP contribution in [0.1, 0.15) is 10.4 Å². The van der Waals surface area contributed by atoms with Crippen molar-refractivity contribution in [1.82, 2.24) is 10.3 Å². The number of ether oxygens (including phenoxy) is 2. The summed E-state index contributed by atoms with van der Waals surface area (Å²) in [7, 11) is 3.20. The molecule has 0 radical (unpaired) electrons. The number of nitrogens with one attached hydrogen (secondary N) is 2. The van der Waals surface area contributed by atoms with Crippen LogP contribution >= 0.6 is 23.6 Å². The number of benzene rings is 2. The summed E-state index contributed by atoms with van der Waals surface area (Å²) in [5.41, 5.74) is 2.10. The van der Waals surface area contributed by atoms with Crippen LogP contribution in [0.4, 0.5) is 5.13 Å². The van der Waals surface area contributed by atoms with E-state index in [-0.39, 0.29) is 11.0 Å². The van der Waals surface area contributed by atoms with Gasteiger partial charge in [0, 0.05) is 22.6 Å². The fourth-order valence-electron chi connectivity index (χ4n) is 2.36. The number of rotatable bonds is 5. The molecule has 0 saturated heterocycles. The Morgan fingerprint density at radius 1 is 1.11 bits per heavy atom. The van der Waals surface area contributed by atoms with E-state index in [1.165, 1.54) is 11.3 Å². The van der Waals surface area contributed by atoms with Crippen LogP contribution in [-0.4, -0.2) is 30.2 Å². The Hall–Kier alpha value is -2.97. The molecule has 138 valence electrons. The number of hydrogen-bond donors (Lipinski definition) is 2. The highest BCUT2D eigenvalue weighted by Gasteiger charge is 2.13. The molecule has 1 amide bonds. The van der Waals surface area contributed by atoms with Gasteiger partial charge in [0.15, 0.2) is 10.2 Å². The molecule has 0 aliphatic rings. The molecule has 0 saturated carbocycles. The third-order valence-corrected chi connectivity index (χ3v) is 4.63. The van der Waals surface area contributed by atoms with Crippen molar-refractivity contribution in [2.45, 2.75) is 0 Å². The number of aromatic nitrogens is 1. The maximum Gasteiger partial charge on any atom is 0.257 e. The fraction of sp³-hybridized carbons (Fsp3) is 0.105. The number of carbonyl (C=O) groups excluding carboxylic acids is 1. The second kappa shape index (κ2) is 8.61. The summed E-state index contributed by atoms with van der Waals surface area (Å²) in [4.78, 5) is 16.6. The maximum absolute atomic E-state index is 12.1. The van der Waals surface area contributed by atoms with E-state index in [4.69, 9.17) is 21.7 Å². The van der Waals surface area contributed by atoms with Crippen LogP contribution in [0.2, 0.25) is 0 Å². The Morgan fingerprint density at radius 2 is 1.89 bits per heavy atom. The molecule has 0 fully saturated rings. The monoisotopic (exact) mass is 399 g/mol. The van der Waals surface area contributed by atoms with Crippen LogP contribution in [0.5, 0.6) is 11.5 Å². The number of amides is 1. The number of hydrogen-bond acceptors (Lipinski definition) is 6. The molecule has 3 rings (SSSR count). The quantitative estimate of drug-likeness (QED) is 0.633. The van der Waals surface area contributed by atoms with Crippen LogP contribution < -0.4 is 20.1 Å². The molecule has 1 heterocycles. The molecule has 2 N–H and O–H groups in total. The number of thiocarbonyl (C=S) groups is 1. The summed E-state index contributed by atoms with van der Waals surface area (Å²) < 4.78 is 10.6. The Kier molecular flexibility index (Phi) is 6.00. The van der Waals surface area contributed by atoms with Crippen molar-refractivity contribution in [2.24, 2.45) is 0 Å². The molecule has 0 spiro atoms. The number of thiazole rings is 1. The van der Waals surface area contributed by atoms with Gasteiger partial charge >= 0.3 is 0 Å². The van der Waals surface area contributed by atoms with Gasteiger partial charge in [0.25, 0.3) is 5.91 Å². The first kappa shape index (κ1) is 18.8. The Balaban J connectivity index is 1.69. The Bertz CT molecular complexity index is 958. The molecule has 0 atom stereocenters. The zero-order chi connectivity index (χ0) is 19.2. The van der Waals surface area contributed by atoms with Gasteiger partial charge in [-0.2, -0.15) is 0 Å². The average Bonchev–Trinajstić information content (AvgIpc) is 3.16. The van der Waals surface area contributed by atoms with Crippen molar-refractivity contribution in [1.29, 1.82) is 0 Å². The van der Waals surface area contributed by atoms with Gasteiger partial charge < -0.3 is 14.8 Å². The molecule has 0 aliphatic carbocycles.